The molecule has 380 valence electrons. The summed E-state index contributed by atoms with van der Waals surface area (Å²) in [4.78, 5) is 61.8. The lowest BCUT2D eigenvalue weighted by atomic mass is 10.0. The molecule has 6 aromatic heterocycles. The summed E-state index contributed by atoms with van der Waals surface area (Å²) >= 11 is 0. The second-order valence-corrected chi connectivity index (χ2v) is 19.4. The Balaban J connectivity index is 0.712. The first-order valence-electron chi connectivity index (χ1n) is 25.1. The number of para-hydroxylation sites is 1. The van der Waals surface area contributed by atoms with E-state index in [2.05, 4.69) is 30.4 Å². The highest BCUT2D eigenvalue weighted by atomic mass is 16.6. The summed E-state index contributed by atoms with van der Waals surface area (Å²) < 4.78 is 5.07. The Bertz CT molecular complexity index is 5300. The molecule has 0 radical (unpaired) electrons. The van der Waals surface area contributed by atoms with Crippen LogP contribution in [-0.4, -0.2) is 53.4 Å². The molecular weight excluding hydrogens is 1010 g/mol. The maximum Gasteiger partial charge on any atom is 0.271 e. The largest absolute Gasteiger partial charge is 0.505 e. The molecule has 80 heavy (non-hydrogen) atoms. The van der Waals surface area contributed by atoms with Gasteiger partial charge in [0.25, 0.3) is 16.8 Å². The van der Waals surface area contributed by atoms with Crippen LogP contribution in [0, 0.1) is 17.0 Å². The van der Waals surface area contributed by atoms with Crippen molar-refractivity contribution in [3.05, 3.63) is 213 Å². The Morgan fingerprint density at radius 1 is 0.550 bits per heavy atom. The molecule has 6 heterocycles. The first-order chi connectivity index (χ1) is 39.0. The Kier molecular flexibility index (Phi) is 9.85. The number of nitrogens with one attached hydrogen (secondary N) is 1. The Morgan fingerprint density at radius 3 is 1.69 bits per heavy atom. The van der Waals surface area contributed by atoms with Crippen molar-refractivity contribution in [2.45, 2.75) is 6.92 Å². The van der Waals surface area contributed by atoms with Crippen LogP contribution in [0.3, 0.4) is 0 Å². The van der Waals surface area contributed by atoms with E-state index in [-0.39, 0.29) is 39.5 Å². The van der Waals surface area contributed by atoms with Crippen LogP contribution in [-0.2, 0) is 0 Å². The minimum absolute atomic E-state index is 0.0787. The molecule has 0 unspecified atom stereocenters. The number of nitrogens with zero attached hydrogens (tertiary/aromatic N) is 12. The predicted molar refractivity (Wildman–Crippen MR) is 305 cm³/mol. The molecule has 0 aliphatic heterocycles. The number of aromatic hydroxyl groups is 2. The highest BCUT2D eigenvalue weighted by Crippen LogP contribution is 2.44. The number of hydrogen-bond acceptors (Lipinski definition) is 14. The number of non-ortho nitro benzene ring substituents is 1. The maximum absolute atomic E-state index is 14.2. The fraction of sp³-hybridized carbons (Fsp3) is 0.0164. The van der Waals surface area contributed by atoms with E-state index in [0.717, 1.165) is 33.5 Å². The standard InChI is InChI=1S/C61H35N13O6/c1-31-13-23-49-44(25-31)65-58-40-11-5-9-38-52(40)42(60(77)72(49)58)27-46(54(38)75)69-67-34-18-14-32(15-19-34)56-62-29-48(64-56)51-30-63-57(71(51)36-7-3-2-4-8-36)33-16-20-35(21-17-33)68-70-47-28-43-53-39(55(47)76)10-6-12-41(53)59-66-45-26-37(74(79)80)22-24-50(45)73(59)61(43)78/h2-30,75-76H,1H3,(H,62,64). The summed E-state index contributed by atoms with van der Waals surface area (Å²) in [6.45, 7) is 1.98. The lowest BCUT2D eigenvalue weighted by Crippen LogP contribution is -2.13. The van der Waals surface area contributed by atoms with Crippen LogP contribution in [0.1, 0.15) is 5.56 Å². The number of aromatic amines is 1. The van der Waals surface area contributed by atoms with Crippen molar-refractivity contribution >= 4 is 105 Å². The van der Waals surface area contributed by atoms with Gasteiger partial charge in [0, 0.05) is 61.3 Å². The normalized spacial score (nSPS) is 12.3. The zero-order chi connectivity index (χ0) is 54.1. The number of aromatic nitrogens is 8. The van der Waals surface area contributed by atoms with Gasteiger partial charge in [0.15, 0.2) is 11.5 Å². The van der Waals surface area contributed by atoms with E-state index < -0.39 is 10.5 Å². The molecule has 19 heteroatoms. The molecular formula is C61H35N13O6. The van der Waals surface area contributed by atoms with Gasteiger partial charge in [-0.2, -0.15) is 10.2 Å². The Hall–Kier alpha value is -11.6. The third-order valence-electron chi connectivity index (χ3n) is 14.7. The molecule has 0 saturated carbocycles. The van der Waals surface area contributed by atoms with Gasteiger partial charge in [-0.25, -0.2) is 19.9 Å². The van der Waals surface area contributed by atoms with Crippen LogP contribution < -0.4 is 11.1 Å². The third-order valence-corrected chi connectivity index (χ3v) is 14.7. The van der Waals surface area contributed by atoms with Crippen LogP contribution in [0.4, 0.5) is 28.4 Å². The number of H-pyrrole nitrogens is 1. The summed E-state index contributed by atoms with van der Waals surface area (Å²) in [5.74, 6) is 0.986. The SMILES string of the molecule is Cc1ccc2c(c1)nc1c3cccc4c(O)c(N=Nc5ccc(-c6ncc(-c7cnc(-c8ccc(N=Nc9cc%10c(=O)n%11c%12ccc([N+](=O)[O-])cc%12nc%11c%11cccc(c9O)c%10%11)cc8)n7-c7ccccc7)[nH]6)cc5)cc(c(=O)n21)c43. The summed E-state index contributed by atoms with van der Waals surface area (Å²) in [5.41, 5.74) is 8.28. The van der Waals surface area contributed by atoms with Crippen LogP contribution in [0.5, 0.6) is 11.5 Å². The molecule has 15 rings (SSSR count). The van der Waals surface area contributed by atoms with Crippen LogP contribution in [0.2, 0.25) is 0 Å². The number of benzene rings is 9. The number of imidazole rings is 4. The maximum atomic E-state index is 14.2. The summed E-state index contributed by atoms with van der Waals surface area (Å²) in [5, 5.41) is 56.3. The Morgan fingerprint density at radius 2 is 1.10 bits per heavy atom. The van der Waals surface area contributed by atoms with Gasteiger partial charge in [-0.1, -0.05) is 60.7 Å². The van der Waals surface area contributed by atoms with E-state index in [4.69, 9.17) is 15.0 Å². The predicted octanol–water partition coefficient (Wildman–Crippen LogP) is 13.9. The molecule has 0 amide bonds. The highest BCUT2D eigenvalue weighted by molar-refractivity contribution is 6.20. The molecule has 0 atom stereocenters. The van der Waals surface area contributed by atoms with Crippen molar-refractivity contribution in [1.29, 1.82) is 0 Å². The average Bonchev–Trinajstić information content (AvgIpc) is 4.25. The topological polar surface area (TPSA) is 248 Å². The van der Waals surface area contributed by atoms with Gasteiger partial charge < -0.3 is 15.2 Å². The monoisotopic (exact) mass is 1050 g/mol. The van der Waals surface area contributed by atoms with E-state index >= 15 is 0 Å². The molecule has 0 aliphatic carbocycles. The fourth-order valence-electron chi connectivity index (χ4n) is 10.9. The molecule has 15 aromatic rings. The smallest absolute Gasteiger partial charge is 0.271 e. The Labute approximate surface area is 447 Å². The number of rotatable bonds is 9. The van der Waals surface area contributed by atoms with E-state index in [1.165, 1.54) is 28.7 Å². The second kappa shape index (κ2) is 17.2. The molecule has 0 saturated heterocycles. The molecule has 0 spiro atoms. The third kappa shape index (κ3) is 6.93. The first-order valence-corrected chi connectivity index (χ1v) is 25.1. The number of azo groups is 2. The summed E-state index contributed by atoms with van der Waals surface area (Å²) in [7, 11) is 0. The number of hydrogen-bond donors (Lipinski definition) is 3. The summed E-state index contributed by atoms with van der Waals surface area (Å²) in [6.07, 6.45) is 3.53. The number of phenolic OH excluding ortho intramolecular Hbond substituents is 2. The van der Waals surface area contributed by atoms with Gasteiger partial charge in [-0.3, -0.25) is 33.1 Å². The van der Waals surface area contributed by atoms with Gasteiger partial charge in [0.05, 0.1) is 72.9 Å². The van der Waals surface area contributed by atoms with Gasteiger partial charge >= 0.3 is 0 Å². The van der Waals surface area contributed by atoms with Gasteiger partial charge in [-0.05, 0) is 103 Å². The van der Waals surface area contributed by atoms with Crippen molar-refractivity contribution in [2.24, 2.45) is 20.5 Å². The van der Waals surface area contributed by atoms with Gasteiger partial charge in [0.2, 0.25) is 0 Å². The van der Waals surface area contributed by atoms with E-state index in [1.54, 1.807) is 71.4 Å². The minimum atomic E-state index is -0.511. The van der Waals surface area contributed by atoms with Crippen molar-refractivity contribution in [3.63, 3.8) is 0 Å². The zero-order valence-corrected chi connectivity index (χ0v) is 41.6. The van der Waals surface area contributed by atoms with Crippen LogP contribution in [0.25, 0.3) is 116 Å². The number of nitro benzene ring substituents is 1. The van der Waals surface area contributed by atoms with Crippen LogP contribution in [0.15, 0.2) is 206 Å². The number of nitro groups is 1. The molecule has 19 nitrogen and oxygen atoms in total. The lowest BCUT2D eigenvalue weighted by molar-refractivity contribution is -0.384. The van der Waals surface area contributed by atoms with Crippen molar-refractivity contribution < 1.29 is 15.1 Å². The van der Waals surface area contributed by atoms with Gasteiger partial charge in [-0.15, -0.1) is 10.2 Å². The quantitative estimate of drug-likeness (QED) is 0.0700. The van der Waals surface area contributed by atoms with E-state index in [9.17, 15) is 29.9 Å². The molecule has 3 N–H and O–H groups in total. The van der Waals surface area contributed by atoms with Crippen LogP contribution >= 0.6 is 0 Å². The van der Waals surface area contributed by atoms with Crippen molar-refractivity contribution in [1.82, 2.24) is 38.3 Å². The lowest BCUT2D eigenvalue weighted by Gasteiger charge is -2.12. The van der Waals surface area contributed by atoms with Crippen molar-refractivity contribution in [3.8, 4) is 51.3 Å². The molecule has 0 aliphatic rings. The minimum Gasteiger partial charge on any atom is -0.505 e. The van der Waals surface area contributed by atoms with Crippen molar-refractivity contribution in [2.75, 3.05) is 0 Å². The number of pyridine rings is 2. The van der Waals surface area contributed by atoms with E-state index in [1.807, 2.05) is 96.4 Å². The highest BCUT2D eigenvalue weighted by Gasteiger charge is 2.24. The second-order valence-electron chi connectivity index (χ2n) is 19.4. The molecule has 9 aromatic carbocycles. The van der Waals surface area contributed by atoms with Gasteiger partial charge in [0.1, 0.15) is 34.3 Å². The molecule has 0 bridgehead atoms. The number of aryl methyl sites for hydroxylation is 1. The number of fused-ring (bicyclic) bond motifs is 8. The van der Waals surface area contributed by atoms with E-state index in [0.29, 0.717) is 94.4 Å². The summed E-state index contributed by atoms with van der Waals surface area (Å²) in [6, 6.07) is 48.2. The number of phenols is 2. The fourth-order valence-corrected chi connectivity index (χ4v) is 10.9. The zero-order valence-electron chi connectivity index (χ0n) is 41.6. The molecule has 0 fully saturated rings. The first kappa shape index (κ1) is 45.8. The average molecular weight is 1050 g/mol.